The van der Waals surface area contributed by atoms with E-state index in [9.17, 15) is 4.79 Å². The van der Waals surface area contributed by atoms with E-state index in [0.29, 0.717) is 11.7 Å². The Hall–Kier alpha value is -2.04. The molecule has 5 heteroatoms. The largest absolute Gasteiger partial charge is 0.292 e. The van der Waals surface area contributed by atoms with E-state index in [1.165, 1.54) is 12.4 Å². The summed E-state index contributed by atoms with van der Waals surface area (Å²) in [5.74, 6) is -0.0579. The molecule has 0 bridgehead atoms. The van der Waals surface area contributed by atoms with Crippen molar-refractivity contribution in [2.75, 3.05) is 0 Å². The number of carbonyl (C=O) groups is 1. The monoisotopic (exact) mass is 244 g/mol. The van der Waals surface area contributed by atoms with Gasteiger partial charge in [-0.3, -0.25) is 14.5 Å². The molecular weight excluding hydrogens is 228 g/mol. The third-order valence-electron chi connectivity index (χ3n) is 2.90. The molecule has 2 rings (SSSR count). The standard InChI is InChI=1S/C13H16N4O/c1-3-10(2)17-7-4-11(16-17)8-13(18)12-9-14-5-6-15-12/h4-7,9-10H,3,8H2,1-2H3. The molecule has 0 spiro atoms. The van der Waals surface area contributed by atoms with Crippen molar-refractivity contribution in [1.29, 1.82) is 0 Å². The highest BCUT2D eigenvalue weighted by Crippen LogP contribution is 2.10. The van der Waals surface area contributed by atoms with Crippen LogP contribution in [0.2, 0.25) is 0 Å². The normalized spacial score (nSPS) is 12.3. The molecule has 0 aliphatic carbocycles. The minimum Gasteiger partial charge on any atom is -0.292 e. The highest BCUT2D eigenvalue weighted by Gasteiger charge is 2.11. The van der Waals surface area contributed by atoms with Gasteiger partial charge in [0.1, 0.15) is 5.69 Å². The second-order valence-corrected chi connectivity index (χ2v) is 4.23. The lowest BCUT2D eigenvalue weighted by Crippen LogP contribution is -2.09. The summed E-state index contributed by atoms with van der Waals surface area (Å²) in [6, 6.07) is 2.23. The second kappa shape index (κ2) is 5.53. The molecule has 0 aliphatic rings. The Kier molecular flexibility index (Phi) is 3.82. The minimum absolute atomic E-state index is 0.0579. The molecule has 18 heavy (non-hydrogen) atoms. The number of ketones is 1. The van der Waals surface area contributed by atoms with E-state index in [1.807, 2.05) is 16.9 Å². The summed E-state index contributed by atoms with van der Waals surface area (Å²) in [5.41, 5.74) is 1.15. The fraction of sp³-hybridized carbons (Fsp3) is 0.385. The van der Waals surface area contributed by atoms with E-state index in [2.05, 4.69) is 28.9 Å². The third kappa shape index (κ3) is 2.80. The van der Waals surface area contributed by atoms with Crippen molar-refractivity contribution in [3.63, 3.8) is 0 Å². The highest BCUT2D eigenvalue weighted by atomic mass is 16.1. The van der Waals surface area contributed by atoms with Crippen LogP contribution in [0.4, 0.5) is 0 Å². The molecule has 94 valence electrons. The molecule has 0 fully saturated rings. The third-order valence-corrected chi connectivity index (χ3v) is 2.90. The maximum absolute atomic E-state index is 11.9. The van der Waals surface area contributed by atoms with E-state index >= 15 is 0 Å². The van der Waals surface area contributed by atoms with Crippen molar-refractivity contribution in [3.8, 4) is 0 Å². The number of hydrogen-bond acceptors (Lipinski definition) is 4. The first kappa shape index (κ1) is 12.4. The van der Waals surface area contributed by atoms with Crippen LogP contribution in [0.5, 0.6) is 0 Å². The summed E-state index contributed by atoms with van der Waals surface area (Å²) in [7, 11) is 0. The molecule has 0 saturated heterocycles. The van der Waals surface area contributed by atoms with Crippen molar-refractivity contribution in [1.82, 2.24) is 19.7 Å². The second-order valence-electron chi connectivity index (χ2n) is 4.23. The van der Waals surface area contributed by atoms with Gasteiger partial charge >= 0.3 is 0 Å². The number of nitrogens with zero attached hydrogens (tertiary/aromatic N) is 4. The zero-order valence-corrected chi connectivity index (χ0v) is 10.6. The Bertz CT molecular complexity index is 521. The van der Waals surface area contributed by atoms with Crippen LogP contribution in [0.15, 0.2) is 30.9 Å². The summed E-state index contributed by atoms with van der Waals surface area (Å²) in [5, 5.41) is 4.39. The molecule has 1 atom stereocenters. The van der Waals surface area contributed by atoms with E-state index < -0.39 is 0 Å². The van der Waals surface area contributed by atoms with Crippen molar-refractivity contribution < 1.29 is 4.79 Å². The molecule has 2 heterocycles. The SMILES string of the molecule is CCC(C)n1ccc(CC(=O)c2cnccn2)n1. The molecule has 5 nitrogen and oxygen atoms in total. The van der Waals surface area contributed by atoms with Crippen LogP contribution < -0.4 is 0 Å². The molecule has 2 aromatic heterocycles. The quantitative estimate of drug-likeness (QED) is 0.755. The fourth-order valence-electron chi connectivity index (χ4n) is 1.60. The van der Waals surface area contributed by atoms with Gasteiger partial charge in [-0.1, -0.05) is 6.92 Å². The van der Waals surface area contributed by atoms with Crippen LogP contribution in [0.25, 0.3) is 0 Å². The van der Waals surface area contributed by atoms with Gasteiger partial charge in [-0.25, -0.2) is 4.98 Å². The van der Waals surface area contributed by atoms with Crippen LogP contribution in [-0.4, -0.2) is 25.5 Å². The molecule has 2 aromatic rings. The lowest BCUT2D eigenvalue weighted by atomic mass is 10.2. The first-order valence-electron chi connectivity index (χ1n) is 6.04. The molecule has 0 amide bonds. The van der Waals surface area contributed by atoms with Crippen molar-refractivity contribution in [2.24, 2.45) is 0 Å². The predicted molar refractivity (Wildman–Crippen MR) is 67.3 cm³/mol. The highest BCUT2D eigenvalue weighted by molar-refractivity contribution is 5.95. The van der Waals surface area contributed by atoms with Gasteiger partial charge in [-0.05, 0) is 19.4 Å². The Balaban J connectivity index is 2.06. The minimum atomic E-state index is -0.0579. The van der Waals surface area contributed by atoms with Crippen molar-refractivity contribution in [2.45, 2.75) is 32.7 Å². The van der Waals surface area contributed by atoms with Gasteiger partial charge in [0.2, 0.25) is 0 Å². The summed E-state index contributed by atoms with van der Waals surface area (Å²) in [6.45, 7) is 4.21. The Morgan fingerprint density at radius 1 is 1.44 bits per heavy atom. The number of rotatable bonds is 5. The summed E-state index contributed by atoms with van der Waals surface area (Å²) < 4.78 is 1.89. The van der Waals surface area contributed by atoms with Gasteiger partial charge in [0.25, 0.3) is 0 Å². The molecule has 1 unspecified atom stereocenters. The average molecular weight is 244 g/mol. The molecular formula is C13H16N4O. The van der Waals surface area contributed by atoms with Gasteiger partial charge in [-0.15, -0.1) is 0 Å². The van der Waals surface area contributed by atoms with Crippen LogP contribution in [0.3, 0.4) is 0 Å². The lowest BCUT2D eigenvalue weighted by molar-refractivity contribution is 0.0986. The smallest absolute Gasteiger partial charge is 0.188 e. The van der Waals surface area contributed by atoms with Crippen LogP contribution in [-0.2, 0) is 6.42 Å². The molecule has 0 aliphatic heterocycles. The Morgan fingerprint density at radius 3 is 2.94 bits per heavy atom. The number of carbonyl (C=O) groups excluding carboxylic acids is 1. The van der Waals surface area contributed by atoms with Gasteiger partial charge in [0.05, 0.1) is 18.3 Å². The van der Waals surface area contributed by atoms with Crippen molar-refractivity contribution in [3.05, 3.63) is 42.2 Å². The predicted octanol–water partition coefficient (Wildman–Crippen LogP) is 2.07. The zero-order chi connectivity index (χ0) is 13.0. The summed E-state index contributed by atoms with van der Waals surface area (Å²) in [4.78, 5) is 19.8. The molecule has 0 aromatic carbocycles. The van der Waals surface area contributed by atoms with Crippen LogP contribution in [0.1, 0.15) is 42.5 Å². The van der Waals surface area contributed by atoms with E-state index in [-0.39, 0.29) is 12.2 Å². The molecule has 0 radical (unpaired) electrons. The maximum atomic E-state index is 11.9. The molecule has 0 saturated carbocycles. The first-order valence-corrected chi connectivity index (χ1v) is 6.04. The van der Waals surface area contributed by atoms with Gasteiger partial charge in [-0.2, -0.15) is 5.10 Å². The van der Waals surface area contributed by atoms with E-state index in [1.54, 1.807) is 6.20 Å². The van der Waals surface area contributed by atoms with Crippen molar-refractivity contribution >= 4 is 5.78 Å². The van der Waals surface area contributed by atoms with Gasteiger partial charge in [0, 0.05) is 24.6 Å². The Morgan fingerprint density at radius 2 is 2.28 bits per heavy atom. The number of aromatic nitrogens is 4. The van der Waals surface area contributed by atoms with E-state index in [4.69, 9.17) is 0 Å². The van der Waals surface area contributed by atoms with E-state index in [0.717, 1.165) is 12.1 Å². The zero-order valence-electron chi connectivity index (χ0n) is 10.6. The topological polar surface area (TPSA) is 60.7 Å². The summed E-state index contributed by atoms with van der Waals surface area (Å²) in [6.07, 6.45) is 7.74. The van der Waals surface area contributed by atoms with Gasteiger partial charge in [0.15, 0.2) is 5.78 Å². The average Bonchev–Trinajstić information content (AvgIpc) is 2.87. The Labute approximate surface area is 106 Å². The fourth-order valence-corrected chi connectivity index (χ4v) is 1.60. The maximum Gasteiger partial charge on any atom is 0.188 e. The number of Topliss-reactive ketones (excluding diaryl/α,β-unsaturated/α-hetero) is 1. The first-order chi connectivity index (χ1) is 8.70. The van der Waals surface area contributed by atoms with Crippen LogP contribution in [0, 0.1) is 0 Å². The molecule has 0 N–H and O–H groups in total. The van der Waals surface area contributed by atoms with Gasteiger partial charge < -0.3 is 0 Å². The number of hydrogen-bond donors (Lipinski definition) is 0. The van der Waals surface area contributed by atoms with Crippen LogP contribution >= 0.6 is 0 Å². The summed E-state index contributed by atoms with van der Waals surface area (Å²) >= 11 is 0. The lowest BCUT2D eigenvalue weighted by Gasteiger charge is -2.07.